The van der Waals surface area contributed by atoms with Crippen LogP contribution in [0.2, 0.25) is 0 Å². The van der Waals surface area contributed by atoms with Crippen molar-refractivity contribution in [3.63, 3.8) is 0 Å². The second kappa shape index (κ2) is 8.93. The van der Waals surface area contributed by atoms with E-state index in [4.69, 9.17) is 0 Å². The number of carbonyl (C=O) groups excluding carboxylic acids is 3. The van der Waals surface area contributed by atoms with Gasteiger partial charge in [0, 0.05) is 6.92 Å². The van der Waals surface area contributed by atoms with Crippen molar-refractivity contribution in [1.29, 1.82) is 0 Å². The fourth-order valence-corrected chi connectivity index (χ4v) is 5.50. The molecule has 0 radical (unpaired) electrons. The Morgan fingerprint density at radius 3 is 2.68 bits per heavy atom. The average Bonchev–Trinajstić information content (AvgIpc) is 2.90. The molecule has 9 heteroatoms. The summed E-state index contributed by atoms with van der Waals surface area (Å²) in [4.78, 5) is 49.6. The molecule has 0 aromatic heterocycles. The van der Waals surface area contributed by atoms with Crippen LogP contribution in [0.1, 0.15) is 46.0 Å². The quantitative estimate of drug-likeness (QED) is 0.710. The van der Waals surface area contributed by atoms with Crippen molar-refractivity contribution < 1.29 is 24.3 Å². The number of nitrogens with zero attached hydrogens (tertiary/aromatic N) is 1. The van der Waals surface area contributed by atoms with Gasteiger partial charge in [0.1, 0.15) is 12.1 Å². The summed E-state index contributed by atoms with van der Waals surface area (Å²) in [5.41, 5.74) is 0. The molecule has 0 aromatic carbocycles. The third-order valence-corrected chi connectivity index (χ3v) is 6.74. The third-order valence-electron chi connectivity index (χ3n) is 4.36. The fraction of sp³-hybridized carbons (Fsp3) is 0.750. The summed E-state index contributed by atoms with van der Waals surface area (Å²) >= 11 is 2.55. The summed E-state index contributed by atoms with van der Waals surface area (Å²) in [6.07, 6.45) is 2.88. The number of carbonyl (C=O) groups is 4. The first-order valence-corrected chi connectivity index (χ1v) is 10.4. The number of fused-ring (bicyclic) bond motifs is 1. The van der Waals surface area contributed by atoms with Gasteiger partial charge in [-0.1, -0.05) is 25.1 Å². The Bertz CT molecular complexity index is 557. The lowest BCUT2D eigenvalue weighted by molar-refractivity contribution is -0.149. The van der Waals surface area contributed by atoms with Gasteiger partial charge in [-0.25, -0.2) is 4.79 Å². The first kappa shape index (κ1) is 20.1. The lowest BCUT2D eigenvalue weighted by Crippen LogP contribution is -2.53. The van der Waals surface area contributed by atoms with E-state index in [0.717, 1.165) is 18.2 Å². The molecule has 2 aliphatic rings. The lowest BCUT2D eigenvalue weighted by Gasteiger charge is -2.29. The number of carboxylic acids is 1. The van der Waals surface area contributed by atoms with Gasteiger partial charge in [0.2, 0.25) is 11.8 Å². The van der Waals surface area contributed by atoms with E-state index < -0.39 is 23.3 Å². The van der Waals surface area contributed by atoms with Gasteiger partial charge in [0.05, 0.1) is 10.6 Å². The zero-order valence-electron chi connectivity index (χ0n) is 14.4. The lowest BCUT2D eigenvalue weighted by atomic mass is 10.1. The Kier molecular flexibility index (Phi) is 7.18. The maximum Gasteiger partial charge on any atom is 0.326 e. The van der Waals surface area contributed by atoms with Crippen LogP contribution in [0.3, 0.4) is 0 Å². The minimum atomic E-state index is -1.00. The van der Waals surface area contributed by atoms with E-state index in [1.54, 1.807) is 11.8 Å². The van der Waals surface area contributed by atoms with Gasteiger partial charge in [-0.2, -0.15) is 0 Å². The molecule has 2 N–H and O–H groups in total. The molecule has 0 bridgehead atoms. The molecular weight excluding hydrogens is 364 g/mol. The number of rotatable bonds is 6. The average molecular weight is 389 g/mol. The van der Waals surface area contributed by atoms with Crippen LogP contribution in [0.25, 0.3) is 0 Å². The highest BCUT2D eigenvalue weighted by Crippen LogP contribution is 2.35. The Morgan fingerprint density at radius 1 is 1.36 bits per heavy atom. The molecule has 2 aliphatic heterocycles. The SMILES string of the molecule is CCCC(SC(C)=O)C(=O)N[C@H]1CCS[C@H]2CC[C@H](C(=O)O)N2C1=O. The number of hydrogen-bond donors (Lipinski definition) is 2. The fourth-order valence-electron chi connectivity index (χ4n) is 3.21. The van der Waals surface area contributed by atoms with Gasteiger partial charge in [0.15, 0.2) is 5.12 Å². The van der Waals surface area contributed by atoms with E-state index in [1.807, 2.05) is 6.92 Å². The van der Waals surface area contributed by atoms with Gasteiger partial charge in [0.25, 0.3) is 0 Å². The number of hydrogen-bond acceptors (Lipinski definition) is 6. The van der Waals surface area contributed by atoms with Crippen LogP contribution in [-0.4, -0.2) is 61.4 Å². The minimum Gasteiger partial charge on any atom is -0.480 e. The summed E-state index contributed by atoms with van der Waals surface area (Å²) in [6, 6.07) is -1.54. The zero-order valence-corrected chi connectivity index (χ0v) is 16.0. The molecule has 25 heavy (non-hydrogen) atoms. The first-order valence-electron chi connectivity index (χ1n) is 8.49. The first-order chi connectivity index (χ1) is 11.8. The largest absolute Gasteiger partial charge is 0.480 e. The van der Waals surface area contributed by atoms with Gasteiger partial charge in [-0.3, -0.25) is 14.4 Å². The van der Waals surface area contributed by atoms with Crippen molar-refractivity contribution in [1.82, 2.24) is 10.2 Å². The van der Waals surface area contributed by atoms with Crippen molar-refractivity contribution in [2.75, 3.05) is 5.75 Å². The van der Waals surface area contributed by atoms with Crippen LogP contribution in [0, 0.1) is 0 Å². The predicted octanol–water partition coefficient (Wildman–Crippen LogP) is 1.46. The molecule has 0 saturated carbocycles. The number of amides is 2. The monoisotopic (exact) mass is 388 g/mol. The minimum absolute atomic E-state index is 0.131. The highest BCUT2D eigenvalue weighted by atomic mass is 32.2. The Morgan fingerprint density at radius 2 is 2.08 bits per heavy atom. The summed E-state index contributed by atoms with van der Waals surface area (Å²) in [6.45, 7) is 3.35. The van der Waals surface area contributed by atoms with Crippen LogP contribution in [0.5, 0.6) is 0 Å². The molecule has 2 saturated heterocycles. The standard InChI is InChI=1S/C16H24N2O5S2/c1-3-4-12(25-9(2)19)14(20)17-10-7-8-24-13-6-5-11(16(22)23)18(13)15(10)21/h10-13H,3-8H2,1-2H3,(H,17,20)(H,22,23)/t10-,11+,12?,13-/m0/s1. The van der Waals surface area contributed by atoms with Crippen LogP contribution in [-0.2, 0) is 19.2 Å². The van der Waals surface area contributed by atoms with Crippen molar-refractivity contribution in [2.45, 2.75) is 68.7 Å². The summed E-state index contributed by atoms with van der Waals surface area (Å²) in [5, 5.41) is 11.3. The summed E-state index contributed by atoms with van der Waals surface area (Å²) in [5.74, 6) is -0.965. The highest BCUT2D eigenvalue weighted by Gasteiger charge is 2.45. The Labute approximate surface area is 155 Å². The van der Waals surface area contributed by atoms with Gasteiger partial charge < -0.3 is 15.3 Å². The second-order valence-corrected chi connectivity index (χ2v) is 8.90. The molecule has 0 aliphatic carbocycles. The summed E-state index contributed by atoms with van der Waals surface area (Å²) < 4.78 is 0. The zero-order chi connectivity index (χ0) is 18.6. The smallest absolute Gasteiger partial charge is 0.326 e. The van der Waals surface area contributed by atoms with E-state index >= 15 is 0 Å². The maximum absolute atomic E-state index is 12.8. The van der Waals surface area contributed by atoms with Gasteiger partial charge in [-0.05, 0) is 31.4 Å². The molecule has 4 atom stereocenters. The highest BCUT2D eigenvalue weighted by molar-refractivity contribution is 8.14. The van der Waals surface area contributed by atoms with Crippen LogP contribution < -0.4 is 5.32 Å². The Hall–Kier alpha value is -1.22. The molecular formula is C16H24N2O5S2. The Balaban J connectivity index is 2.09. The normalized spacial score (nSPS) is 27.4. The van der Waals surface area contributed by atoms with E-state index in [-0.39, 0.29) is 22.3 Å². The molecule has 2 heterocycles. The van der Waals surface area contributed by atoms with Gasteiger partial charge >= 0.3 is 5.97 Å². The molecule has 7 nitrogen and oxygen atoms in total. The second-order valence-electron chi connectivity index (χ2n) is 6.24. The maximum atomic E-state index is 12.8. The summed E-state index contributed by atoms with van der Waals surface area (Å²) in [7, 11) is 0. The van der Waals surface area contributed by atoms with Crippen molar-refractivity contribution in [3.05, 3.63) is 0 Å². The number of nitrogens with one attached hydrogen (secondary N) is 1. The number of aliphatic carboxylic acids is 1. The van der Waals surface area contributed by atoms with Crippen LogP contribution in [0.15, 0.2) is 0 Å². The van der Waals surface area contributed by atoms with E-state index in [2.05, 4.69) is 5.32 Å². The topological polar surface area (TPSA) is 104 Å². The van der Waals surface area contributed by atoms with E-state index in [9.17, 15) is 24.3 Å². The number of carboxylic acid groups (broad SMARTS) is 1. The molecule has 2 fully saturated rings. The van der Waals surface area contributed by atoms with Crippen LogP contribution >= 0.6 is 23.5 Å². The van der Waals surface area contributed by atoms with Gasteiger partial charge in [-0.15, -0.1) is 11.8 Å². The molecule has 0 spiro atoms. The number of thioether (sulfide) groups is 2. The predicted molar refractivity (Wildman–Crippen MR) is 97.3 cm³/mol. The third kappa shape index (κ3) is 4.91. The van der Waals surface area contributed by atoms with Crippen molar-refractivity contribution >= 4 is 46.4 Å². The molecule has 0 aromatic rings. The van der Waals surface area contributed by atoms with Crippen LogP contribution in [0.4, 0.5) is 0 Å². The molecule has 1 unspecified atom stereocenters. The molecule has 2 rings (SSSR count). The van der Waals surface area contributed by atoms with E-state index in [1.165, 1.54) is 11.8 Å². The molecule has 140 valence electrons. The van der Waals surface area contributed by atoms with Crippen molar-refractivity contribution in [2.24, 2.45) is 0 Å². The van der Waals surface area contributed by atoms with Crippen molar-refractivity contribution in [3.8, 4) is 0 Å². The van der Waals surface area contributed by atoms with E-state index in [0.29, 0.717) is 31.4 Å². The molecule has 2 amide bonds.